The average molecular weight is 682 g/mol. The van der Waals surface area contributed by atoms with E-state index >= 15 is 0 Å². The van der Waals surface area contributed by atoms with Gasteiger partial charge in [-0.3, -0.25) is 19.7 Å². The monoisotopic (exact) mass is 681 g/mol. The first-order valence-corrected chi connectivity index (χ1v) is 17.2. The van der Waals surface area contributed by atoms with Crippen LogP contribution in [0.25, 0.3) is 6.08 Å². The smallest absolute Gasteiger partial charge is 0.272 e. The van der Waals surface area contributed by atoms with Crippen LogP contribution in [0.2, 0.25) is 0 Å². The van der Waals surface area contributed by atoms with Gasteiger partial charge in [0.1, 0.15) is 16.7 Å². The maximum absolute atomic E-state index is 13.6. The fourth-order valence-corrected chi connectivity index (χ4v) is 6.70. The number of anilines is 2. The van der Waals surface area contributed by atoms with Gasteiger partial charge in [-0.1, -0.05) is 85.4 Å². The Hall–Kier alpha value is -4.91. The minimum absolute atomic E-state index is 0.0457. The van der Waals surface area contributed by atoms with Crippen LogP contribution in [0.3, 0.4) is 0 Å². The highest BCUT2D eigenvalue weighted by atomic mass is 32.2. The molecule has 3 N–H and O–H groups in total. The molecule has 0 bridgehead atoms. The maximum Gasteiger partial charge on any atom is 0.272 e. The van der Waals surface area contributed by atoms with E-state index in [9.17, 15) is 14.4 Å². The number of hydrogen-bond acceptors (Lipinski definition) is 9. The predicted molar refractivity (Wildman–Crippen MR) is 190 cm³/mol. The first-order valence-electron chi connectivity index (χ1n) is 14.5. The highest BCUT2D eigenvalue weighted by molar-refractivity contribution is 8.00. The van der Waals surface area contributed by atoms with E-state index in [-0.39, 0.29) is 11.6 Å². The number of nitrogens with zero attached hydrogens (tertiary/aromatic N) is 2. The molecule has 9 nitrogen and oxygen atoms in total. The quantitative estimate of drug-likeness (QED) is 0.0861. The number of carbonyl (C=O) groups excluding carboxylic acids is 3. The van der Waals surface area contributed by atoms with E-state index in [1.165, 1.54) is 23.5 Å². The number of hydrogen-bond donors (Lipinski definition) is 3. The second-order valence-electron chi connectivity index (χ2n) is 9.85. The zero-order valence-electron chi connectivity index (χ0n) is 25.5. The van der Waals surface area contributed by atoms with Crippen molar-refractivity contribution in [2.75, 3.05) is 23.5 Å². The summed E-state index contributed by atoms with van der Waals surface area (Å²) in [6, 6.07) is 32.5. The molecular formula is C35H31N5O4S3. The number of carbonyl (C=O) groups is 3. The highest BCUT2D eigenvalue weighted by Gasteiger charge is 2.24. The van der Waals surface area contributed by atoms with Gasteiger partial charge in [0.2, 0.25) is 16.2 Å². The molecule has 3 amide bonds. The van der Waals surface area contributed by atoms with E-state index in [4.69, 9.17) is 4.74 Å². The van der Waals surface area contributed by atoms with Crippen LogP contribution in [-0.4, -0.2) is 39.9 Å². The molecule has 5 rings (SSSR count). The van der Waals surface area contributed by atoms with Gasteiger partial charge >= 0.3 is 0 Å². The highest BCUT2D eigenvalue weighted by Crippen LogP contribution is 2.37. The lowest BCUT2D eigenvalue weighted by Crippen LogP contribution is -2.30. The van der Waals surface area contributed by atoms with Crippen LogP contribution in [0.5, 0.6) is 5.75 Å². The Labute approximate surface area is 285 Å². The Kier molecular flexibility index (Phi) is 11.8. The molecule has 1 aromatic heterocycles. The molecule has 0 spiro atoms. The van der Waals surface area contributed by atoms with E-state index < -0.39 is 17.1 Å². The molecule has 5 aromatic rings. The first kappa shape index (κ1) is 33.5. The van der Waals surface area contributed by atoms with Crippen LogP contribution in [-0.2, 0) is 9.59 Å². The van der Waals surface area contributed by atoms with Crippen LogP contribution in [0, 0.1) is 0 Å². The molecule has 47 heavy (non-hydrogen) atoms. The van der Waals surface area contributed by atoms with E-state index in [1.54, 1.807) is 73.8 Å². The number of methoxy groups -OCH3 is 1. The van der Waals surface area contributed by atoms with Crippen LogP contribution in [0.15, 0.2) is 125 Å². The summed E-state index contributed by atoms with van der Waals surface area (Å²) in [5.41, 5.74) is 2.42. The number of nitrogens with one attached hydrogen (secondary N) is 3. The first-order chi connectivity index (χ1) is 22.9. The van der Waals surface area contributed by atoms with Crippen molar-refractivity contribution >= 4 is 69.7 Å². The van der Waals surface area contributed by atoms with Crippen molar-refractivity contribution in [3.05, 3.63) is 132 Å². The van der Waals surface area contributed by atoms with Crippen LogP contribution in [0.4, 0.5) is 10.8 Å². The third-order valence-corrected chi connectivity index (χ3v) is 9.25. The Morgan fingerprint density at radius 2 is 1.64 bits per heavy atom. The maximum atomic E-state index is 13.6. The predicted octanol–water partition coefficient (Wildman–Crippen LogP) is 7.54. The summed E-state index contributed by atoms with van der Waals surface area (Å²) < 4.78 is 9.62. The van der Waals surface area contributed by atoms with Crippen molar-refractivity contribution in [3.63, 3.8) is 0 Å². The van der Waals surface area contributed by atoms with Gasteiger partial charge in [0, 0.05) is 27.7 Å². The van der Waals surface area contributed by atoms with E-state index in [1.807, 2.05) is 55.5 Å². The molecule has 1 atom stereocenters. The SMILES string of the molecule is CCSc1nsc(NC(=O)C(Sc2cccc(NC(=O)/C(=C/c3cccc(OC)c3)NC(=O)c3ccccc3)c2)c2ccccc2)n1. The van der Waals surface area contributed by atoms with Crippen molar-refractivity contribution in [2.24, 2.45) is 0 Å². The minimum Gasteiger partial charge on any atom is -0.497 e. The van der Waals surface area contributed by atoms with Gasteiger partial charge in [0.25, 0.3) is 11.8 Å². The number of rotatable bonds is 13. The van der Waals surface area contributed by atoms with Crippen molar-refractivity contribution in [1.29, 1.82) is 0 Å². The Morgan fingerprint density at radius 1 is 0.894 bits per heavy atom. The second-order valence-corrected chi connectivity index (χ2v) is 13.0. The standard InChI is InChI=1S/C35H31N5O4S3/c1-3-45-35-39-34(47-40-35)38-33(43)30(24-13-6-4-7-14-24)46-28-19-11-17-26(22-28)36-32(42)29(21-23-12-10-18-27(20-23)44-2)37-31(41)25-15-8-5-9-16-25/h4-22,30H,3H2,1-2H3,(H,36,42)(H,37,41)(H,38,39,40,43)/b29-21-. The summed E-state index contributed by atoms with van der Waals surface area (Å²) in [4.78, 5) is 45.4. The fourth-order valence-electron chi connectivity index (χ4n) is 4.34. The van der Waals surface area contributed by atoms with Crippen molar-refractivity contribution in [1.82, 2.24) is 14.7 Å². The molecule has 0 aliphatic heterocycles. The molecule has 238 valence electrons. The number of benzene rings is 4. The lowest BCUT2D eigenvalue weighted by Gasteiger charge is -2.17. The Morgan fingerprint density at radius 3 is 2.38 bits per heavy atom. The summed E-state index contributed by atoms with van der Waals surface area (Å²) in [6.07, 6.45) is 1.59. The number of amides is 3. The van der Waals surface area contributed by atoms with Crippen LogP contribution in [0.1, 0.15) is 33.7 Å². The van der Waals surface area contributed by atoms with E-state index in [2.05, 4.69) is 25.3 Å². The van der Waals surface area contributed by atoms with Gasteiger partial charge in [-0.25, -0.2) is 0 Å². The molecule has 1 heterocycles. The molecule has 1 unspecified atom stereocenters. The molecule has 0 saturated carbocycles. The zero-order chi connectivity index (χ0) is 33.0. The van der Waals surface area contributed by atoms with E-state index in [0.29, 0.717) is 32.9 Å². The zero-order valence-corrected chi connectivity index (χ0v) is 28.0. The summed E-state index contributed by atoms with van der Waals surface area (Å²) in [7, 11) is 1.56. The Bertz CT molecular complexity index is 1870. The summed E-state index contributed by atoms with van der Waals surface area (Å²) in [6.45, 7) is 2.02. The fraction of sp³-hybridized carbons (Fsp3) is 0.114. The Balaban J connectivity index is 1.37. The minimum atomic E-state index is -0.609. The molecule has 0 aliphatic rings. The summed E-state index contributed by atoms with van der Waals surface area (Å²) in [5.74, 6) is 0.255. The second kappa shape index (κ2) is 16.6. The van der Waals surface area contributed by atoms with Crippen molar-refractivity contribution < 1.29 is 19.1 Å². The topological polar surface area (TPSA) is 122 Å². The molecule has 0 radical (unpaired) electrons. The number of ether oxygens (including phenoxy) is 1. The molecule has 0 aliphatic carbocycles. The van der Waals surface area contributed by atoms with Crippen molar-refractivity contribution in [2.45, 2.75) is 22.2 Å². The lowest BCUT2D eigenvalue weighted by atomic mass is 10.1. The van der Waals surface area contributed by atoms with Gasteiger partial charge in [-0.2, -0.15) is 9.36 Å². The summed E-state index contributed by atoms with van der Waals surface area (Å²) in [5, 5.41) is 9.01. The van der Waals surface area contributed by atoms with Gasteiger partial charge in [0.15, 0.2) is 0 Å². The molecule has 4 aromatic carbocycles. The van der Waals surface area contributed by atoms with Crippen LogP contribution >= 0.6 is 35.1 Å². The summed E-state index contributed by atoms with van der Waals surface area (Å²) >= 11 is 3.99. The van der Waals surface area contributed by atoms with Crippen molar-refractivity contribution in [3.8, 4) is 5.75 Å². The van der Waals surface area contributed by atoms with Crippen LogP contribution < -0.4 is 20.7 Å². The lowest BCUT2D eigenvalue weighted by molar-refractivity contribution is -0.116. The number of thioether (sulfide) groups is 2. The number of aromatic nitrogens is 2. The molecular weight excluding hydrogens is 651 g/mol. The van der Waals surface area contributed by atoms with Gasteiger partial charge in [-0.15, -0.1) is 11.8 Å². The third-order valence-electron chi connectivity index (χ3n) is 6.53. The normalized spacial score (nSPS) is 11.7. The molecule has 12 heteroatoms. The molecule has 0 fully saturated rings. The average Bonchev–Trinajstić information content (AvgIpc) is 3.54. The van der Waals surface area contributed by atoms with E-state index in [0.717, 1.165) is 27.7 Å². The van der Waals surface area contributed by atoms with Gasteiger partial charge in [-0.05, 0) is 65.4 Å². The van der Waals surface area contributed by atoms with Gasteiger partial charge < -0.3 is 15.4 Å². The largest absolute Gasteiger partial charge is 0.497 e. The van der Waals surface area contributed by atoms with Gasteiger partial charge in [0.05, 0.1) is 7.11 Å². The molecule has 0 saturated heterocycles. The third kappa shape index (κ3) is 9.55.